The highest BCUT2D eigenvalue weighted by atomic mass is 16.5. The summed E-state index contributed by atoms with van der Waals surface area (Å²) in [5.41, 5.74) is -0.827. The molecule has 1 aromatic rings. The fraction of sp³-hybridized carbons (Fsp3) is 0.400. The van der Waals surface area contributed by atoms with Crippen molar-refractivity contribution in [2.45, 2.75) is 25.2 Å². The van der Waals surface area contributed by atoms with Crippen LogP contribution in [0.3, 0.4) is 0 Å². The second-order valence-electron chi connectivity index (χ2n) is 3.46. The van der Waals surface area contributed by atoms with E-state index in [2.05, 4.69) is 11.6 Å². The molecule has 0 spiro atoms. The highest BCUT2D eigenvalue weighted by molar-refractivity contribution is 4.89. The topological polar surface area (TPSA) is 64.1 Å². The average Bonchev–Trinajstić information content (AvgIpc) is 2.66. The third kappa shape index (κ3) is 1.92. The summed E-state index contributed by atoms with van der Waals surface area (Å²) >= 11 is 0. The molecule has 0 radical (unpaired) electrons. The maximum Gasteiger partial charge on any atom is 0.330 e. The van der Waals surface area contributed by atoms with Crippen molar-refractivity contribution in [1.29, 1.82) is 0 Å². The molecule has 1 aliphatic rings. The lowest BCUT2D eigenvalue weighted by Gasteiger charge is -2.13. The van der Waals surface area contributed by atoms with Crippen LogP contribution in [0.2, 0.25) is 0 Å². The largest absolute Gasteiger partial charge is 0.351 e. The van der Waals surface area contributed by atoms with Crippen LogP contribution in [0, 0.1) is 0 Å². The van der Waals surface area contributed by atoms with Crippen LogP contribution in [0.15, 0.2) is 34.5 Å². The molecule has 5 nitrogen and oxygen atoms in total. The van der Waals surface area contributed by atoms with Gasteiger partial charge >= 0.3 is 5.69 Å². The molecule has 1 aliphatic heterocycles. The van der Waals surface area contributed by atoms with Crippen molar-refractivity contribution in [2.24, 2.45) is 0 Å². The summed E-state index contributed by atoms with van der Waals surface area (Å²) in [6, 6.07) is 1.31. The molecular formula is C10H12N2O3. The molecule has 0 aromatic carbocycles. The Morgan fingerprint density at radius 1 is 1.53 bits per heavy atom. The minimum Gasteiger partial charge on any atom is -0.351 e. The number of nitrogens with one attached hydrogen (secondary N) is 1. The Balaban J connectivity index is 2.28. The lowest BCUT2D eigenvalue weighted by molar-refractivity contribution is 0.0204. The summed E-state index contributed by atoms with van der Waals surface area (Å²) in [4.78, 5) is 24.5. The number of aromatic nitrogens is 2. The Kier molecular flexibility index (Phi) is 2.55. The van der Waals surface area contributed by atoms with Gasteiger partial charge in [0.1, 0.15) is 6.23 Å². The van der Waals surface area contributed by atoms with Crippen molar-refractivity contribution in [3.05, 3.63) is 45.8 Å². The predicted molar refractivity (Wildman–Crippen MR) is 54.7 cm³/mol. The maximum absolute atomic E-state index is 11.4. The van der Waals surface area contributed by atoms with E-state index in [1.54, 1.807) is 6.08 Å². The summed E-state index contributed by atoms with van der Waals surface area (Å²) < 4.78 is 6.93. The first-order valence-electron chi connectivity index (χ1n) is 4.80. The van der Waals surface area contributed by atoms with Gasteiger partial charge in [-0.1, -0.05) is 6.08 Å². The normalized spacial score (nSPS) is 25.3. The van der Waals surface area contributed by atoms with Gasteiger partial charge in [-0.25, -0.2) is 4.79 Å². The second-order valence-corrected chi connectivity index (χ2v) is 3.46. The standard InChI is InChI=1S/C10H12N2O3/c1-2-7-3-4-9(15-7)12-6-5-8(13)11-10(12)14/h2,5-7,9H,1,3-4H2,(H,11,13,14)/t7-,9?/m1/s1. The summed E-state index contributed by atoms with van der Waals surface area (Å²) in [7, 11) is 0. The van der Waals surface area contributed by atoms with Gasteiger partial charge in [0.05, 0.1) is 6.10 Å². The monoisotopic (exact) mass is 208 g/mol. The van der Waals surface area contributed by atoms with E-state index in [-0.39, 0.29) is 12.3 Å². The molecule has 2 rings (SSSR count). The van der Waals surface area contributed by atoms with Gasteiger partial charge < -0.3 is 4.74 Å². The Morgan fingerprint density at radius 2 is 2.33 bits per heavy atom. The molecule has 1 saturated heterocycles. The van der Waals surface area contributed by atoms with Crippen LogP contribution in [0.25, 0.3) is 0 Å². The van der Waals surface area contributed by atoms with Gasteiger partial charge in [-0.3, -0.25) is 14.3 Å². The van der Waals surface area contributed by atoms with E-state index in [0.717, 1.165) is 12.8 Å². The van der Waals surface area contributed by atoms with Crippen LogP contribution in [0.1, 0.15) is 19.1 Å². The predicted octanol–water partition coefficient (Wildman–Crippen LogP) is 0.400. The van der Waals surface area contributed by atoms with Gasteiger partial charge in [0.25, 0.3) is 5.56 Å². The van der Waals surface area contributed by atoms with Crippen LogP contribution in [0.5, 0.6) is 0 Å². The van der Waals surface area contributed by atoms with Crippen molar-refractivity contribution in [1.82, 2.24) is 9.55 Å². The van der Waals surface area contributed by atoms with E-state index in [1.807, 2.05) is 0 Å². The van der Waals surface area contributed by atoms with Gasteiger partial charge in [0.15, 0.2) is 0 Å². The molecule has 2 atom stereocenters. The number of H-pyrrole nitrogens is 1. The molecule has 1 N–H and O–H groups in total. The summed E-state index contributed by atoms with van der Waals surface area (Å²) in [6.07, 6.45) is 4.47. The number of aromatic amines is 1. The van der Waals surface area contributed by atoms with Gasteiger partial charge in [-0.2, -0.15) is 0 Å². The lowest BCUT2D eigenvalue weighted by Crippen LogP contribution is -2.31. The molecule has 1 aromatic heterocycles. The maximum atomic E-state index is 11.4. The van der Waals surface area contributed by atoms with E-state index in [1.165, 1.54) is 16.8 Å². The van der Waals surface area contributed by atoms with E-state index >= 15 is 0 Å². The smallest absolute Gasteiger partial charge is 0.330 e. The molecule has 15 heavy (non-hydrogen) atoms. The zero-order valence-corrected chi connectivity index (χ0v) is 8.18. The van der Waals surface area contributed by atoms with E-state index < -0.39 is 11.2 Å². The fourth-order valence-electron chi connectivity index (χ4n) is 1.68. The van der Waals surface area contributed by atoms with Crippen LogP contribution in [0.4, 0.5) is 0 Å². The Hall–Kier alpha value is -1.62. The fourth-order valence-corrected chi connectivity index (χ4v) is 1.68. The highest BCUT2D eigenvalue weighted by Gasteiger charge is 2.24. The van der Waals surface area contributed by atoms with Gasteiger partial charge in [-0.15, -0.1) is 6.58 Å². The van der Waals surface area contributed by atoms with Crippen LogP contribution < -0.4 is 11.2 Å². The number of hydrogen-bond donors (Lipinski definition) is 1. The van der Waals surface area contributed by atoms with Gasteiger partial charge in [0.2, 0.25) is 0 Å². The van der Waals surface area contributed by atoms with Crippen molar-refractivity contribution < 1.29 is 4.74 Å². The highest BCUT2D eigenvalue weighted by Crippen LogP contribution is 2.26. The third-order valence-corrected chi connectivity index (χ3v) is 2.45. The quantitative estimate of drug-likeness (QED) is 0.715. The molecule has 0 bridgehead atoms. The average molecular weight is 208 g/mol. The Bertz CT molecular complexity index is 474. The number of hydrogen-bond acceptors (Lipinski definition) is 3. The van der Waals surface area contributed by atoms with Crippen molar-refractivity contribution in [2.75, 3.05) is 0 Å². The minimum absolute atomic E-state index is 0.00571. The molecular weight excluding hydrogens is 196 g/mol. The molecule has 0 amide bonds. The number of rotatable bonds is 2. The molecule has 80 valence electrons. The first-order chi connectivity index (χ1) is 7.20. The molecule has 0 aliphatic carbocycles. The van der Waals surface area contributed by atoms with E-state index in [0.29, 0.717) is 0 Å². The molecule has 0 saturated carbocycles. The van der Waals surface area contributed by atoms with Crippen molar-refractivity contribution in [3.63, 3.8) is 0 Å². The molecule has 1 fully saturated rings. The zero-order chi connectivity index (χ0) is 10.8. The Morgan fingerprint density at radius 3 is 2.93 bits per heavy atom. The van der Waals surface area contributed by atoms with Crippen molar-refractivity contribution in [3.8, 4) is 0 Å². The minimum atomic E-state index is -0.433. The zero-order valence-electron chi connectivity index (χ0n) is 8.18. The molecule has 5 heteroatoms. The van der Waals surface area contributed by atoms with E-state index in [9.17, 15) is 9.59 Å². The first-order valence-corrected chi connectivity index (χ1v) is 4.80. The summed E-state index contributed by atoms with van der Waals surface area (Å²) in [6.45, 7) is 3.64. The van der Waals surface area contributed by atoms with E-state index in [4.69, 9.17) is 4.74 Å². The number of ether oxygens (including phenoxy) is 1. The first kappa shape index (κ1) is 9.92. The summed E-state index contributed by atoms with van der Waals surface area (Å²) in [5.74, 6) is 0. The summed E-state index contributed by atoms with van der Waals surface area (Å²) in [5, 5.41) is 0. The third-order valence-electron chi connectivity index (χ3n) is 2.45. The van der Waals surface area contributed by atoms with Gasteiger partial charge in [0, 0.05) is 12.3 Å². The van der Waals surface area contributed by atoms with Crippen LogP contribution in [-0.4, -0.2) is 15.7 Å². The molecule has 1 unspecified atom stereocenters. The lowest BCUT2D eigenvalue weighted by atomic mass is 10.2. The van der Waals surface area contributed by atoms with Crippen LogP contribution in [-0.2, 0) is 4.74 Å². The second kappa shape index (κ2) is 3.86. The van der Waals surface area contributed by atoms with Crippen molar-refractivity contribution >= 4 is 0 Å². The molecule has 2 heterocycles. The Labute approximate surface area is 86.0 Å². The van der Waals surface area contributed by atoms with Gasteiger partial charge in [-0.05, 0) is 12.8 Å². The SMILES string of the molecule is C=C[C@@H]1CCC(n2ccc(=O)[nH]c2=O)O1. The number of nitrogens with zero attached hydrogens (tertiary/aromatic N) is 1. The van der Waals surface area contributed by atoms with Crippen LogP contribution >= 0.6 is 0 Å².